The molecule has 1 aromatic carbocycles. The molecule has 0 bridgehead atoms. The molecule has 2 saturated carbocycles. The highest BCUT2D eigenvalue weighted by molar-refractivity contribution is 7.46. The minimum atomic E-state index is -4.83. The molecule has 9 heteroatoms. The molecule has 0 unspecified atom stereocenters. The van der Waals surface area contributed by atoms with Crippen LogP contribution in [0.15, 0.2) is 6.07 Å². The summed E-state index contributed by atoms with van der Waals surface area (Å²) in [4.78, 5) is 31.5. The Labute approximate surface area is 187 Å². The molecular weight excluding hydrogens is 433 g/mol. The van der Waals surface area contributed by atoms with Crippen LogP contribution in [0.3, 0.4) is 0 Å². The maximum absolute atomic E-state index is 12.4. The van der Waals surface area contributed by atoms with Crippen LogP contribution in [0.4, 0.5) is 0 Å². The maximum Gasteiger partial charge on any atom is 0.524 e. The molecular formula is C23H32NO7P. The molecule has 32 heavy (non-hydrogen) atoms. The SMILES string of the molecule is C[C@H]1CC[C@H]2C(C)(C)[C@@H](O)CC[C@]23Oc2c(c(OP(=O)(O)O)cc4c2CNC4=O)C[C@]13C. The van der Waals surface area contributed by atoms with Crippen molar-refractivity contribution in [2.75, 3.05) is 0 Å². The fourth-order valence-corrected chi connectivity index (χ4v) is 7.57. The topological polar surface area (TPSA) is 125 Å². The second kappa shape index (κ2) is 6.72. The maximum atomic E-state index is 12.4. The molecule has 1 spiro atoms. The third kappa shape index (κ3) is 2.86. The van der Waals surface area contributed by atoms with Crippen LogP contribution in [0.1, 0.15) is 74.9 Å². The van der Waals surface area contributed by atoms with Gasteiger partial charge in [0.05, 0.1) is 11.7 Å². The molecule has 2 fully saturated rings. The van der Waals surface area contributed by atoms with E-state index in [2.05, 4.69) is 33.0 Å². The number of aliphatic hydroxyl groups excluding tert-OH is 1. The Morgan fingerprint density at radius 2 is 1.91 bits per heavy atom. The normalized spacial score (nSPS) is 37.3. The molecule has 0 saturated heterocycles. The molecule has 0 aromatic heterocycles. The quantitative estimate of drug-likeness (QED) is 0.494. The summed E-state index contributed by atoms with van der Waals surface area (Å²) < 4.78 is 23.8. The van der Waals surface area contributed by atoms with Crippen LogP contribution in [-0.2, 0) is 17.5 Å². The molecule has 5 atom stereocenters. The summed E-state index contributed by atoms with van der Waals surface area (Å²) >= 11 is 0. The van der Waals surface area contributed by atoms with Gasteiger partial charge in [0.2, 0.25) is 0 Å². The number of benzene rings is 1. The third-order valence-corrected chi connectivity index (χ3v) is 9.65. The molecule has 176 valence electrons. The van der Waals surface area contributed by atoms with E-state index in [1.165, 1.54) is 6.07 Å². The Balaban J connectivity index is 1.74. The summed E-state index contributed by atoms with van der Waals surface area (Å²) in [5.41, 5.74) is 0.475. The second-order valence-electron chi connectivity index (χ2n) is 11.0. The number of carbonyl (C=O) groups is 1. The Hall–Kier alpha value is -1.60. The summed E-state index contributed by atoms with van der Waals surface area (Å²) in [6.07, 6.45) is 3.36. The molecule has 8 nitrogen and oxygen atoms in total. The fourth-order valence-electron chi connectivity index (χ4n) is 7.15. The molecule has 2 aliphatic carbocycles. The average Bonchev–Trinajstić information content (AvgIpc) is 3.05. The third-order valence-electron chi connectivity index (χ3n) is 9.21. The lowest BCUT2D eigenvalue weighted by Crippen LogP contribution is -2.70. The van der Waals surface area contributed by atoms with Gasteiger partial charge in [-0.3, -0.25) is 14.6 Å². The number of phosphoric ester groups is 1. The molecule has 4 N–H and O–H groups in total. The van der Waals surface area contributed by atoms with Crippen LogP contribution in [0.5, 0.6) is 11.5 Å². The Morgan fingerprint density at radius 3 is 2.59 bits per heavy atom. The predicted molar refractivity (Wildman–Crippen MR) is 116 cm³/mol. The van der Waals surface area contributed by atoms with E-state index >= 15 is 0 Å². The first kappa shape index (κ1) is 22.2. The van der Waals surface area contributed by atoms with Crippen molar-refractivity contribution in [3.63, 3.8) is 0 Å². The van der Waals surface area contributed by atoms with Gasteiger partial charge in [0.1, 0.15) is 17.1 Å². The van der Waals surface area contributed by atoms with Gasteiger partial charge in [0.25, 0.3) is 5.91 Å². The van der Waals surface area contributed by atoms with Gasteiger partial charge in [0, 0.05) is 29.0 Å². The summed E-state index contributed by atoms with van der Waals surface area (Å²) in [6.45, 7) is 8.96. The number of phosphoric acid groups is 1. The first-order valence-corrected chi connectivity index (χ1v) is 12.9. The summed E-state index contributed by atoms with van der Waals surface area (Å²) in [5.74, 6) is 0.646. The van der Waals surface area contributed by atoms with E-state index in [1.54, 1.807) is 0 Å². The van der Waals surface area contributed by atoms with Crippen molar-refractivity contribution >= 4 is 13.7 Å². The van der Waals surface area contributed by atoms with E-state index in [4.69, 9.17) is 9.26 Å². The number of nitrogens with one attached hydrogen (secondary N) is 1. The first-order chi connectivity index (χ1) is 14.8. The molecule has 2 aliphatic heterocycles. The van der Waals surface area contributed by atoms with Gasteiger partial charge >= 0.3 is 7.82 Å². The minimum absolute atomic E-state index is 0.0182. The summed E-state index contributed by atoms with van der Waals surface area (Å²) in [7, 11) is -4.83. The van der Waals surface area contributed by atoms with E-state index in [0.717, 1.165) is 18.4 Å². The highest BCUT2D eigenvalue weighted by atomic mass is 31.2. The second-order valence-corrected chi connectivity index (χ2v) is 12.1. The summed E-state index contributed by atoms with van der Waals surface area (Å²) in [6, 6.07) is 1.44. The lowest BCUT2D eigenvalue weighted by atomic mass is 9.43. The summed E-state index contributed by atoms with van der Waals surface area (Å²) in [5, 5.41) is 13.7. The van der Waals surface area contributed by atoms with Gasteiger partial charge < -0.3 is 19.7 Å². The zero-order valence-corrected chi connectivity index (χ0v) is 19.9. The lowest BCUT2D eigenvalue weighted by Gasteiger charge is -2.67. The van der Waals surface area contributed by atoms with Crippen molar-refractivity contribution in [2.24, 2.45) is 22.7 Å². The molecule has 4 aliphatic rings. The smallest absolute Gasteiger partial charge is 0.486 e. The van der Waals surface area contributed by atoms with E-state index in [-0.39, 0.29) is 28.4 Å². The molecule has 5 rings (SSSR count). The first-order valence-electron chi connectivity index (χ1n) is 11.4. The molecule has 2 heterocycles. The van der Waals surface area contributed by atoms with Crippen LogP contribution in [0.2, 0.25) is 0 Å². The van der Waals surface area contributed by atoms with Crippen LogP contribution in [0, 0.1) is 22.7 Å². The zero-order valence-electron chi connectivity index (χ0n) is 19.0. The largest absolute Gasteiger partial charge is 0.524 e. The number of hydrogen-bond donors (Lipinski definition) is 4. The standard InChI is InChI=1S/C23H32NO7P/c1-12-5-6-17-21(2,3)18(25)7-8-23(17)22(12,4)10-14-16(31-32(27,28)29)9-13-15(19(14)30-23)11-24-20(13)26/h9,12,17-18,25H,5-8,10-11H2,1-4H3,(H,24,26)(H2,27,28,29)/t12-,17-,18-,22+,23-/m0/s1. The number of aliphatic hydroxyl groups is 1. The van der Waals surface area contributed by atoms with Gasteiger partial charge in [-0.1, -0.05) is 27.7 Å². The Morgan fingerprint density at radius 1 is 1.19 bits per heavy atom. The number of hydrogen-bond acceptors (Lipinski definition) is 5. The fraction of sp³-hybridized carbons (Fsp3) is 0.696. The van der Waals surface area contributed by atoms with Gasteiger partial charge in [0.15, 0.2) is 0 Å². The Kier molecular flexibility index (Phi) is 4.66. The van der Waals surface area contributed by atoms with Gasteiger partial charge in [-0.2, -0.15) is 0 Å². The number of carbonyl (C=O) groups excluding carboxylic acids is 1. The van der Waals surface area contributed by atoms with Crippen LogP contribution in [-0.4, -0.2) is 32.5 Å². The van der Waals surface area contributed by atoms with Crippen molar-refractivity contribution in [1.29, 1.82) is 0 Å². The van der Waals surface area contributed by atoms with E-state index in [1.807, 2.05) is 0 Å². The van der Waals surface area contributed by atoms with Crippen LogP contribution >= 0.6 is 7.82 Å². The Bertz CT molecular complexity index is 1050. The van der Waals surface area contributed by atoms with E-state index in [0.29, 0.717) is 48.6 Å². The number of fused-ring (bicyclic) bond motifs is 3. The van der Waals surface area contributed by atoms with Crippen molar-refractivity contribution in [3.8, 4) is 11.5 Å². The number of ether oxygens (including phenoxy) is 1. The van der Waals surface area contributed by atoms with Crippen molar-refractivity contribution < 1.29 is 33.5 Å². The van der Waals surface area contributed by atoms with Crippen LogP contribution in [0.25, 0.3) is 0 Å². The van der Waals surface area contributed by atoms with Crippen molar-refractivity contribution in [1.82, 2.24) is 5.32 Å². The van der Waals surface area contributed by atoms with Crippen molar-refractivity contribution in [2.45, 2.75) is 78.0 Å². The average molecular weight is 465 g/mol. The number of rotatable bonds is 2. The van der Waals surface area contributed by atoms with Gasteiger partial charge in [-0.15, -0.1) is 0 Å². The minimum Gasteiger partial charge on any atom is -0.486 e. The monoisotopic (exact) mass is 465 g/mol. The highest BCUT2D eigenvalue weighted by Crippen LogP contribution is 2.67. The molecule has 1 amide bonds. The molecule has 0 radical (unpaired) electrons. The van der Waals surface area contributed by atoms with Crippen LogP contribution < -0.4 is 14.6 Å². The number of amides is 1. The lowest BCUT2D eigenvalue weighted by molar-refractivity contribution is -0.233. The van der Waals surface area contributed by atoms with Gasteiger partial charge in [-0.05, 0) is 49.5 Å². The van der Waals surface area contributed by atoms with Crippen molar-refractivity contribution in [3.05, 3.63) is 22.8 Å². The predicted octanol–water partition coefficient (Wildman–Crippen LogP) is 3.31. The molecule has 1 aromatic rings. The van der Waals surface area contributed by atoms with E-state index < -0.39 is 19.5 Å². The highest BCUT2D eigenvalue weighted by Gasteiger charge is 2.68. The van der Waals surface area contributed by atoms with Gasteiger partial charge in [-0.25, -0.2) is 4.57 Å². The zero-order chi connectivity index (χ0) is 23.3. The van der Waals surface area contributed by atoms with E-state index in [9.17, 15) is 24.3 Å².